The maximum atomic E-state index is 13.1. The van der Waals surface area contributed by atoms with Gasteiger partial charge in [-0.25, -0.2) is 0 Å². The molecule has 3 aliphatic rings. The number of carbonyl (C=O) groups excluding carboxylic acids is 3. The van der Waals surface area contributed by atoms with Gasteiger partial charge in [0.25, 0.3) is 17.7 Å². The van der Waals surface area contributed by atoms with Crippen molar-refractivity contribution < 1.29 is 14.4 Å². The number of hydrogen-bond donors (Lipinski definition) is 3. The summed E-state index contributed by atoms with van der Waals surface area (Å²) in [4.78, 5) is 39.2. The molecule has 3 unspecified atom stereocenters. The van der Waals surface area contributed by atoms with E-state index >= 15 is 0 Å². The molecule has 0 spiro atoms. The molecule has 3 N–H and O–H groups in total. The Morgan fingerprint density at radius 2 is 0.722 bits per heavy atom. The van der Waals surface area contributed by atoms with Crippen LogP contribution in [0.2, 0.25) is 0 Å². The van der Waals surface area contributed by atoms with Gasteiger partial charge in [0.05, 0.1) is 0 Å². The summed E-state index contributed by atoms with van der Waals surface area (Å²) in [7, 11) is 1.13. The Labute approximate surface area is 221 Å². The fourth-order valence-corrected chi connectivity index (χ4v) is 9.01. The lowest BCUT2D eigenvalue weighted by Gasteiger charge is -2.22. The molecule has 0 aromatic heterocycles. The Hall–Kier alpha value is -1.08. The SMILES string of the molecule is O=C(NPC1CCCCC1)c1cc(C(=O)NPC2CCCCC2)cc(C(=O)NPC2CCCCC2)c1. The van der Waals surface area contributed by atoms with E-state index in [1.807, 2.05) is 0 Å². The van der Waals surface area contributed by atoms with Crippen molar-refractivity contribution >= 4 is 43.9 Å². The molecule has 1 aromatic rings. The first-order valence-corrected chi connectivity index (χ1v) is 17.1. The van der Waals surface area contributed by atoms with Gasteiger partial charge in [-0.2, -0.15) is 0 Å². The highest BCUT2D eigenvalue weighted by molar-refractivity contribution is 7.38. The van der Waals surface area contributed by atoms with E-state index in [4.69, 9.17) is 0 Å². The van der Waals surface area contributed by atoms with Crippen molar-refractivity contribution in [2.75, 3.05) is 0 Å². The minimum Gasteiger partial charge on any atom is -0.334 e. The maximum Gasteiger partial charge on any atom is 0.254 e. The molecule has 9 heteroatoms. The smallest absolute Gasteiger partial charge is 0.254 e. The first-order chi connectivity index (χ1) is 17.6. The summed E-state index contributed by atoms with van der Waals surface area (Å²) in [5, 5.41) is 9.29. The summed E-state index contributed by atoms with van der Waals surface area (Å²) in [6, 6.07) is 4.96. The van der Waals surface area contributed by atoms with Gasteiger partial charge < -0.3 is 15.3 Å². The van der Waals surface area contributed by atoms with Gasteiger partial charge in [-0.05, 0) is 99.9 Å². The number of hydrogen-bond acceptors (Lipinski definition) is 3. The van der Waals surface area contributed by atoms with Crippen molar-refractivity contribution in [3.05, 3.63) is 34.9 Å². The molecular weight excluding hydrogens is 507 g/mol. The summed E-state index contributed by atoms with van der Waals surface area (Å²) in [5.74, 6) is -0.564. The predicted molar refractivity (Wildman–Crippen MR) is 154 cm³/mol. The van der Waals surface area contributed by atoms with Gasteiger partial charge >= 0.3 is 0 Å². The van der Waals surface area contributed by atoms with Gasteiger partial charge in [0, 0.05) is 16.7 Å². The van der Waals surface area contributed by atoms with E-state index < -0.39 is 0 Å². The standard InChI is InChI=1S/C27H42N3O3P3/c31-25(28-34-22-10-4-1-5-11-22)19-16-20(26(32)29-35-23-12-6-2-7-13-23)18-21(17-19)27(33)30-36-24-14-8-3-9-15-24/h16-18,22-24,34-36H,1-15H2,(H,28,31)(H,29,32)(H,30,33). The van der Waals surface area contributed by atoms with Crippen LogP contribution < -0.4 is 15.3 Å². The van der Waals surface area contributed by atoms with Gasteiger partial charge in [0.15, 0.2) is 0 Å². The van der Waals surface area contributed by atoms with Crippen molar-refractivity contribution in [1.29, 1.82) is 0 Å². The first kappa shape index (κ1) is 27.9. The third kappa shape index (κ3) is 8.75. The summed E-state index contributed by atoms with van der Waals surface area (Å²) in [6.07, 6.45) is 18.2. The molecule has 3 fully saturated rings. The van der Waals surface area contributed by atoms with Crippen molar-refractivity contribution in [3.63, 3.8) is 0 Å². The molecule has 198 valence electrons. The van der Waals surface area contributed by atoms with E-state index in [0.717, 1.165) is 0 Å². The lowest BCUT2D eigenvalue weighted by molar-refractivity contribution is 0.0981. The Morgan fingerprint density at radius 1 is 0.472 bits per heavy atom. The molecule has 3 atom stereocenters. The van der Waals surface area contributed by atoms with Crippen LogP contribution in [0.3, 0.4) is 0 Å². The lowest BCUT2D eigenvalue weighted by Crippen LogP contribution is -2.24. The highest BCUT2D eigenvalue weighted by atomic mass is 31.1. The molecule has 36 heavy (non-hydrogen) atoms. The van der Waals surface area contributed by atoms with Crippen molar-refractivity contribution in [2.24, 2.45) is 0 Å². The topological polar surface area (TPSA) is 87.3 Å². The fraction of sp³-hybridized carbons (Fsp3) is 0.667. The predicted octanol–water partition coefficient (Wildman–Crippen LogP) is 6.65. The van der Waals surface area contributed by atoms with Crippen LogP contribution in [0.4, 0.5) is 0 Å². The molecule has 3 saturated carbocycles. The van der Waals surface area contributed by atoms with Crippen LogP contribution in [0.25, 0.3) is 0 Å². The summed E-state index contributed by atoms with van der Waals surface area (Å²) in [5.41, 5.74) is 2.84. The number of benzene rings is 1. The molecule has 4 rings (SSSR count). The minimum absolute atomic E-state index is 0.188. The molecule has 0 aliphatic heterocycles. The normalized spacial score (nSPS) is 21.0. The first-order valence-electron chi connectivity index (χ1n) is 13.9. The van der Waals surface area contributed by atoms with Crippen molar-refractivity contribution in [3.8, 4) is 0 Å². The molecule has 6 nitrogen and oxygen atoms in total. The second kappa shape index (κ2) is 14.8. The van der Waals surface area contributed by atoms with Gasteiger partial charge in [-0.1, -0.05) is 57.8 Å². The Balaban J connectivity index is 1.43. The van der Waals surface area contributed by atoms with E-state index in [9.17, 15) is 14.4 Å². The van der Waals surface area contributed by atoms with Crippen LogP contribution in [0.15, 0.2) is 18.2 Å². The zero-order valence-corrected chi connectivity index (χ0v) is 24.3. The van der Waals surface area contributed by atoms with E-state index in [-0.39, 0.29) is 17.7 Å². The maximum absolute atomic E-state index is 13.1. The zero-order chi connectivity index (χ0) is 25.2. The molecule has 1 aromatic carbocycles. The Kier molecular flexibility index (Phi) is 11.4. The van der Waals surface area contributed by atoms with Crippen LogP contribution in [-0.2, 0) is 0 Å². The van der Waals surface area contributed by atoms with Gasteiger partial charge in [0.1, 0.15) is 0 Å². The summed E-state index contributed by atoms with van der Waals surface area (Å²) >= 11 is 0. The Morgan fingerprint density at radius 3 is 0.972 bits per heavy atom. The third-order valence-electron chi connectivity index (χ3n) is 7.70. The van der Waals surface area contributed by atoms with Crippen LogP contribution in [0.1, 0.15) is 127 Å². The highest BCUT2D eigenvalue weighted by Crippen LogP contribution is 2.33. The van der Waals surface area contributed by atoms with E-state index in [1.165, 1.54) is 96.3 Å². The molecule has 3 aliphatic carbocycles. The summed E-state index contributed by atoms with van der Waals surface area (Å²) in [6.45, 7) is 0. The molecule has 3 amide bonds. The van der Waals surface area contributed by atoms with E-state index in [1.54, 1.807) is 18.2 Å². The third-order valence-corrected chi connectivity index (χ3v) is 11.8. The van der Waals surface area contributed by atoms with Crippen LogP contribution >= 0.6 is 26.2 Å². The number of rotatable bonds is 9. The van der Waals surface area contributed by atoms with E-state index in [2.05, 4.69) is 15.3 Å². The van der Waals surface area contributed by atoms with E-state index in [0.29, 0.717) is 59.9 Å². The Bertz CT molecular complexity index is 769. The molecule has 0 saturated heterocycles. The molecule has 0 bridgehead atoms. The van der Waals surface area contributed by atoms with Gasteiger partial charge in [0.2, 0.25) is 0 Å². The van der Waals surface area contributed by atoms with Crippen molar-refractivity contribution in [1.82, 2.24) is 15.3 Å². The van der Waals surface area contributed by atoms with Crippen LogP contribution in [0.5, 0.6) is 0 Å². The molecule has 0 radical (unpaired) electrons. The fourth-order valence-electron chi connectivity index (χ4n) is 5.48. The largest absolute Gasteiger partial charge is 0.334 e. The average Bonchev–Trinajstić information content (AvgIpc) is 2.94. The van der Waals surface area contributed by atoms with Gasteiger partial charge in [-0.15, -0.1) is 0 Å². The zero-order valence-electron chi connectivity index (χ0n) is 21.3. The number of amides is 3. The summed E-state index contributed by atoms with van der Waals surface area (Å²) < 4.78 is 0. The highest BCUT2D eigenvalue weighted by Gasteiger charge is 2.21. The van der Waals surface area contributed by atoms with Gasteiger partial charge in [-0.3, -0.25) is 14.4 Å². The minimum atomic E-state index is -0.188. The second-order valence-corrected chi connectivity index (χ2v) is 14.7. The molecule has 0 heterocycles. The second-order valence-electron chi connectivity index (χ2n) is 10.6. The average molecular weight is 550 g/mol. The quantitative estimate of drug-likeness (QED) is 0.301. The number of nitrogens with one attached hydrogen (secondary N) is 3. The number of carbonyl (C=O) groups is 3. The monoisotopic (exact) mass is 549 g/mol. The van der Waals surface area contributed by atoms with Crippen LogP contribution in [-0.4, -0.2) is 34.7 Å². The lowest BCUT2D eigenvalue weighted by atomic mass is 10.0. The molecular formula is C27H42N3O3P3. The van der Waals surface area contributed by atoms with Crippen LogP contribution in [0, 0.1) is 0 Å². The van der Waals surface area contributed by atoms with Crippen molar-refractivity contribution in [2.45, 2.75) is 113 Å².